The van der Waals surface area contributed by atoms with Gasteiger partial charge in [0.05, 0.1) is 39.9 Å². The van der Waals surface area contributed by atoms with Gasteiger partial charge in [-0.1, -0.05) is 69.9 Å². The van der Waals surface area contributed by atoms with Gasteiger partial charge in [-0.05, 0) is 44.4 Å². The lowest BCUT2D eigenvalue weighted by atomic mass is 9.97. The van der Waals surface area contributed by atoms with Crippen molar-refractivity contribution in [2.24, 2.45) is 0 Å². The van der Waals surface area contributed by atoms with Crippen molar-refractivity contribution < 1.29 is 17.6 Å². The van der Waals surface area contributed by atoms with E-state index in [-0.39, 0.29) is 29.5 Å². The molecular weight excluding hydrogens is 515 g/mol. The molecule has 1 saturated heterocycles. The zero-order valence-corrected chi connectivity index (χ0v) is 23.6. The number of hydrogen-bond acceptors (Lipinski definition) is 5. The number of carbonyl (C=O) groups is 1. The number of halogens is 1. The second-order valence-electron chi connectivity index (χ2n) is 11.3. The first-order chi connectivity index (χ1) is 18.8. The van der Waals surface area contributed by atoms with Gasteiger partial charge in [0.1, 0.15) is 5.82 Å². The lowest BCUT2D eigenvalue weighted by molar-refractivity contribution is 0.0933. The molecule has 3 aromatic rings. The van der Waals surface area contributed by atoms with Crippen LogP contribution in [0.3, 0.4) is 0 Å². The number of pyridine rings is 1. The van der Waals surface area contributed by atoms with Gasteiger partial charge < -0.3 is 5.32 Å². The molecule has 1 saturated carbocycles. The van der Waals surface area contributed by atoms with Crippen LogP contribution in [0.1, 0.15) is 99.1 Å². The van der Waals surface area contributed by atoms with Gasteiger partial charge in [0, 0.05) is 11.6 Å². The molecule has 1 aliphatic carbocycles. The second kappa shape index (κ2) is 12.1. The summed E-state index contributed by atoms with van der Waals surface area (Å²) in [5.41, 5.74) is 2.09. The van der Waals surface area contributed by atoms with E-state index in [1.54, 1.807) is 28.9 Å². The molecule has 1 amide bonds. The third-order valence-corrected chi connectivity index (χ3v) is 9.98. The number of sulfone groups is 1. The molecule has 210 valence electrons. The Kier molecular flexibility index (Phi) is 8.64. The van der Waals surface area contributed by atoms with Crippen LogP contribution in [-0.4, -0.2) is 46.6 Å². The van der Waals surface area contributed by atoms with Crippen molar-refractivity contribution in [3.63, 3.8) is 0 Å². The summed E-state index contributed by atoms with van der Waals surface area (Å²) in [7, 11) is -3.16. The van der Waals surface area contributed by atoms with E-state index in [9.17, 15) is 17.6 Å². The maximum atomic E-state index is 14.9. The zero-order chi connectivity index (χ0) is 27.4. The molecule has 0 bridgehead atoms. The molecule has 7 nitrogen and oxygen atoms in total. The smallest absolute Gasteiger partial charge is 0.252 e. The lowest BCUT2D eigenvalue weighted by Crippen LogP contribution is -2.35. The molecule has 0 radical (unpaired) electrons. The van der Waals surface area contributed by atoms with Crippen molar-refractivity contribution in [2.75, 3.05) is 11.5 Å². The summed E-state index contributed by atoms with van der Waals surface area (Å²) in [6.07, 6.45) is 13.2. The molecule has 1 atom stereocenters. The zero-order valence-electron chi connectivity index (χ0n) is 22.8. The van der Waals surface area contributed by atoms with Gasteiger partial charge in [0.25, 0.3) is 5.91 Å². The number of aryl methyl sites for hydroxylation is 1. The van der Waals surface area contributed by atoms with Crippen molar-refractivity contribution in [3.8, 4) is 11.3 Å². The molecule has 1 aliphatic heterocycles. The molecule has 1 N–H and O–H groups in total. The summed E-state index contributed by atoms with van der Waals surface area (Å²) in [6, 6.07) is 7.75. The molecule has 1 unspecified atom stereocenters. The Morgan fingerprint density at radius 2 is 1.62 bits per heavy atom. The number of carbonyl (C=O) groups excluding carboxylic acids is 1. The van der Waals surface area contributed by atoms with Crippen molar-refractivity contribution in [1.29, 1.82) is 0 Å². The molecule has 39 heavy (non-hydrogen) atoms. The first-order valence-corrected chi connectivity index (χ1v) is 16.3. The van der Waals surface area contributed by atoms with E-state index < -0.39 is 15.7 Å². The summed E-state index contributed by atoms with van der Waals surface area (Å²) < 4.78 is 41.0. The highest BCUT2D eigenvalue weighted by Crippen LogP contribution is 2.33. The van der Waals surface area contributed by atoms with Crippen molar-refractivity contribution in [1.82, 2.24) is 20.1 Å². The average molecular weight is 555 g/mol. The number of hydrogen-bond donors (Lipinski definition) is 1. The Hall–Kier alpha value is -2.81. The van der Waals surface area contributed by atoms with Gasteiger partial charge in [-0.15, -0.1) is 0 Å². The highest BCUT2D eigenvalue weighted by molar-refractivity contribution is 7.91. The fourth-order valence-electron chi connectivity index (χ4n) is 6.09. The minimum atomic E-state index is -3.16. The number of aromatic nitrogens is 3. The van der Waals surface area contributed by atoms with Crippen molar-refractivity contribution in [3.05, 3.63) is 47.4 Å². The predicted octanol–water partition coefficient (Wildman–Crippen LogP) is 6.31. The van der Waals surface area contributed by atoms with E-state index in [4.69, 9.17) is 4.98 Å². The predicted molar refractivity (Wildman–Crippen MR) is 152 cm³/mol. The Labute approximate surface area is 230 Å². The minimum Gasteiger partial charge on any atom is -0.349 e. The fourth-order valence-corrected chi connectivity index (χ4v) is 7.78. The summed E-state index contributed by atoms with van der Waals surface area (Å²) >= 11 is 0. The van der Waals surface area contributed by atoms with E-state index in [0.29, 0.717) is 40.0 Å². The van der Waals surface area contributed by atoms with Crippen LogP contribution in [-0.2, 0) is 9.84 Å². The molecular formula is C30H39FN4O3S. The van der Waals surface area contributed by atoms with Gasteiger partial charge in [0.15, 0.2) is 15.5 Å². The largest absolute Gasteiger partial charge is 0.349 e. The fraction of sp³-hybridized carbons (Fsp3) is 0.567. The van der Waals surface area contributed by atoms with Crippen molar-refractivity contribution >= 4 is 26.8 Å². The molecule has 2 aromatic heterocycles. The molecule has 2 fully saturated rings. The molecule has 5 rings (SSSR count). The third kappa shape index (κ3) is 6.51. The van der Waals surface area contributed by atoms with E-state index in [0.717, 1.165) is 25.7 Å². The average Bonchev–Trinajstić information content (AvgIpc) is 3.43. The van der Waals surface area contributed by atoms with Gasteiger partial charge >= 0.3 is 0 Å². The van der Waals surface area contributed by atoms with Gasteiger partial charge in [0.2, 0.25) is 0 Å². The number of benzene rings is 1. The second-order valence-corrected chi connectivity index (χ2v) is 13.5. The first-order valence-electron chi connectivity index (χ1n) is 14.5. The van der Waals surface area contributed by atoms with E-state index >= 15 is 0 Å². The van der Waals surface area contributed by atoms with Crippen LogP contribution in [0.2, 0.25) is 0 Å². The Morgan fingerprint density at radius 1 is 0.974 bits per heavy atom. The van der Waals surface area contributed by atoms with Crippen LogP contribution >= 0.6 is 0 Å². The Morgan fingerprint density at radius 3 is 2.23 bits per heavy atom. The van der Waals surface area contributed by atoms with Gasteiger partial charge in [-0.2, -0.15) is 5.10 Å². The summed E-state index contributed by atoms with van der Waals surface area (Å²) in [6.45, 7) is 1.82. The SMILES string of the molecule is Cc1nn(C2CCS(=O)(=O)C2)c2nc(-c3ccccc3F)cc(C(=O)NC3CCCCCCCCCCC3)c12. The number of rotatable bonds is 4. The van der Waals surface area contributed by atoms with Crippen LogP contribution in [0.25, 0.3) is 22.3 Å². The third-order valence-electron chi connectivity index (χ3n) is 8.23. The van der Waals surface area contributed by atoms with E-state index in [1.807, 2.05) is 6.92 Å². The maximum Gasteiger partial charge on any atom is 0.252 e. The highest BCUT2D eigenvalue weighted by Gasteiger charge is 2.33. The Bertz CT molecular complexity index is 1420. The number of fused-ring (bicyclic) bond motifs is 1. The Balaban J connectivity index is 1.52. The topological polar surface area (TPSA) is 93.9 Å². The number of nitrogens with zero attached hydrogens (tertiary/aromatic N) is 3. The minimum absolute atomic E-state index is 0.0154. The van der Waals surface area contributed by atoms with Crippen molar-refractivity contribution in [2.45, 2.75) is 96.1 Å². The standard InChI is InChI=1S/C30H39FN4O3S/c1-21-28-25(30(36)32-22-13-9-7-5-3-2-4-6-8-10-14-22)19-27(24-15-11-12-16-26(24)31)33-29(28)35(34-21)23-17-18-39(37,38)20-23/h11-12,15-16,19,22-23H,2-10,13-14,17-18,20H2,1H3,(H,32,36). The number of nitrogens with one attached hydrogen (secondary N) is 1. The first kappa shape index (κ1) is 27.7. The summed E-state index contributed by atoms with van der Waals surface area (Å²) in [4.78, 5) is 18.7. The van der Waals surface area contributed by atoms with Crippen LogP contribution in [0.5, 0.6) is 0 Å². The highest BCUT2D eigenvalue weighted by atomic mass is 32.2. The number of amides is 1. The maximum absolute atomic E-state index is 14.9. The summed E-state index contributed by atoms with van der Waals surface area (Å²) in [5.74, 6) is -0.557. The quantitative estimate of drug-likeness (QED) is 0.408. The monoisotopic (exact) mass is 554 g/mol. The van der Waals surface area contributed by atoms with E-state index in [1.165, 1.54) is 51.0 Å². The van der Waals surface area contributed by atoms with Crippen LogP contribution < -0.4 is 5.32 Å². The molecule has 3 heterocycles. The van der Waals surface area contributed by atoms with Crippen LogP contribution in [0.4, 0.5) is 4.39 Å². The molecule has 9 heteroatoms. The van der Waals surface area contributed by atoms with Gasteiger partial charge in [-0.3, -0.25) is 4.79 Å². The van der Waals surface area contributed by atoms with Crippen LogP contribution in [0.15, 0.2) is 30.3 Å². The molecule has 0 spiro atoms. The van der Waals surface area contributed by atoms with Crippen LogP contribution in [0, 0.1) is 12.7 Å². The van der Waals surface area contributed by atoms with E-state index in [2.05, 4.69) is 10.4 Å². The lowest BCUT2D eigenvalue weighted by Gasteiger charge is -2.20. The van der Waals surface area contributed by atoms with Gasteiger partial charge in [-0.25, -0.2) is 22.5 Å². The molecule has 2 aliphatic rings. The summed E-state index contributed by atoms with van der Waals surface area (Å²) in [5, 5.41) is 8.57. The normalized spacial score (nSPS) is 21.3. The molecule has 1 aromatic carbocycles.